The summed E-state index contributed by atoms with van der Waals surface area (Å²) in [6, 6.07) is 13.3. The fourth-order valence-electron chi connectivity index (χ4n) is 3.20. The van der Waals surface area contributed by atoms with Gasteiger partial charge in [-0.2, -0.15) is 0 Å². The first-order valence-corrected chi connectivity index (χ1v) is 9.64. The molecular formula is C22H27N3O3. The number of fused-ring (bicyclic) bond motifs is 1. The molecule has 3 rings (SSSR count). The van der Waals surface area contributed by atoms with Crippen LogP contribution < -0.4 is 20.3 Å². The number of nitrogens with one attached hydrogen (secondary N) is 2. The highest BCUT2D eigenvalue weighted by molar-refractivity contribution is 5.95. The smallest absolute Gasteiger partial charge is 0.262 e. The predicted octanol–water partition coefficient (Wildman–Crippen LogP) is 3.04. The van der Waals surface area contributed by atoms with Gasteiger partial charge in [-0.3, -0.25) is 9.59 Å². The number of hydrogen-bond acceptors (Lipinski definition) is 4. The van der Waals surface area contributed by atoms with Gasteiger partial charge < -0.3 is 20.3 Å². The average molecular weight is 381 g/mol. The summed E-state index contributed by atoms with van der Waals surface area (Å²) >= 11 is 0. The van der Waals surface area contributed by atoms with Crippen molar-refractivity contribution in [3.05, 3.63) is 53.6 Å². The lowest BCUT2D eigenvalue weighted by Gasteiger charge is -2.35. The molecule has 2 aromatic rings. The van der Waals surface area contributed by atoms with Crippen molar-refractivity contribution < 1.29 is 14.3 Å². The number of amides is 2. The Morgan fingerprint density at radius 3 is 2.71 bits per heavy atom. The minimum atomic E-state index is -0.644. The molecule has 0 aliphatic carbocycles. The molecule has 28 heavy (non-hydrogen) atoms. The third-order valence-corrected chi connectivity index (χ3v) is 4.92. The predicted molar refractivity (Wildman–Crippen MR) is 111 cm³/mol. The van der Waals surface area contributed by atoms with Crippen molar-refractivity contribution in [2.45, 2.75) is 33.3 Å². The third kappa shape index (κ3) is 4.44. The van der Waals surface area contributed by atoms with Crippen molar-refractivity contribution in [1.82, 2.24) is 5.32 Å². The molecule has 0 saturated carbocycles. The molecule has 0 radical (unpaired) electrons. The molecular weight excluding hydrogens is 354 g/mol. The molecule has 1 heterocycles. The number of aryl methyl sites for hydroxylation is 1. The number of nitrogens with zero attached hydrogens (tertiary/aromatic N) is 1. The molecule has 1 aliphatic heterocycles. The average Bonchev–Trinajstić information content (AvgIpc) is 2.69. The van der Waals surface area contributed by atoms with Gasteiger partial charge in [0, 0.05) is 12.2 Å². The van der Waals surface area contributed by atoms with E-state index in [1.165, 1.54) is 0 Å². The second kappa shape index (κ2) is 8.78. The molecule has 2 aromatic carbocycles. The Balaban J connectivity index is 1.74. The van der Waals surface area contributed by atoms with E-state index < -0.39 is 6.10 Å². The van der Waals surface area contributed by atoms with Crippen LogP contribution in [0, 0.1) is 13.8 Å². The van der Waals surface area contributed by atoms with E-state index in [0.29, 0.717) is 18.8 Å². The van der Waals surface area contributed by atoms with E-state index in [1.54, 1.807) is 0 Å². The van der Waals surface area contributed by atoms with Gasteiger partial charge in [0.25, 0.3) is 5.91 Å². The summed E-state index contributed by atoms with van der Waals surface area (Å²) in [7, 11) is 0. The minimum absolute atomic E-state index is 0.127. The Hall–Kier alpha value is -3.02. The Morgan fingerprint density at radius 2 is 1.93 bits per heavy atom. The second-order valence-electron chi connectivity index (χ2n) is 7.04. The number of carbonyl (C=O) groups is 2. The summed E-state index contributed by atoms with van der Waals surface area (Å²) in [5.41, 5.74) is 3.80. The van der Waals surface area contributed by atoms with E-state index in [-0.39, 0.29) is 18.4 Å². The molecule has 1 aliphatic rings. The molecule has 0 unspecified atom stereocenters. The first-order chi connectivity index (χ1) is 13.5. The fraction of sp³-hybridized carbons (Fsp3) is 0.364. The van der Waals surface area contributed by atoms with Crippen molar-refractivity contribution >= 4 is 23.2 Å². The van der Waals surface area contributed by atoms with Gasteiger partial charge in [-0.1, -0.05) is 31.2 Å². The summed E-state index contributed by atoms with van der Waals surface area (Å²) in [6.45, 7) is 7.08. The van der Waals surface area contributed by atoms with Crippen LogP contribution in [-0.2, 0) is 9.59 Å². The Bertz CT molecular complexity index is 866. The number of benzene rings is 2. The number of rotatable bonds is 6. The quantitative estimate of drug-likeness (QED) is 0.807. The molecule has 2 N–H and O–H groups in total. The van der Waals surface area contributed by atoms with Crippen molar-refractivity contribution in [3.8, 4) is 5.75 Å². The molecule has 0 saturated heterocycles. The first kappa shape index (κ1) is 19.7. The number of carbonyl (C=O) groups excluding carboxylic acids is 2. The first-order valence-electron chi connectivity index (χ1n) is 9.64. The van der Waals surface area contributed by atoms with Gasteiger partial charge in [-0.25, -0.2) is 0 Å². The minimum Gasteiger partial charge on any atom is -0.477 e. The number of hydrogen-bond donors (Lipinski definition) is 2. The largest absolute Gasteiger partial charge is 0.477 e. The summed E-state index contributed by atoms with van der Waals surface area (Å²) in [6.07, 6.45) is 0.215. The summed E-state index contributed by atoms with van der Waals surface area (Å²) < 4.78 is 5.87. The SMILES string of the molecule is CCCNC(=O)[C@@H]1CN(CC(=O)Nc2cccc(C)c2C)c2ccccc2O1. The van der Waals surface area contributed by atoms with E-state index in [0.717, 1.165) is 28.9 Å². The van der Waals surface area contributed by atoms with E-state index >= 15 is 0 Å². The van der Waals surface area contributed by atoms with E-state index in [9.17, 15) is 9.59 Å². The number of anilines is 2. The normalized spacial score (nSPS) is 15.4. The van der Waals surface area contributed by atoms with Gasteiger partial charge in [-0.15, -0.1) is 0 Å². The van der Waals surface area contributed by atoms with Crippen molar-refractivity contribution in [2.24, 2.45) is 0 Å². The topological polar surface area (TPSA) is 70.7 Å². The van der Waals surface area contributed by atoms with Crippen LogP contribution in [0.4, 0.5) is 11.4 Å². The molecule has 1 atom stereocenters. The molecule has 6 heteroatoms. The zero-order chi connectivity index (χ0) is 20.1. The maximum Gasteiger partial charge on any atom is 0.262 e. The summed E-state index contributed by atoms with van der Waals surface area (Å²) in [5.74, 6) is 0.333. The van der Waals surface area contributed by atoms with Gasteiger partial charge in [0.05, 0.1) is 18.8 Å². The molecule has 0 fully saturated rings. The van der Waals surface area contributed by atoms with E-state index in [4.69, 9.17) is 4.74 Å². The van der Waals surface area contributed by atoms with E-state index in [2.05, 4.69) is 10.6 Å². The van der Waals surface area contributed by atoms with Gasteiger partial charge >= 0.3 is 0 Å². The maximum absolute atomic E-state index is 12.7. The highest BCUT2D eigenvalue weighted by Crippen LogP contribution is 2.33. The van der Waals surface area contributed by atoms with Gasteiger partial charge in [0.2, 0.25) is 5.91 Å². The van der Waals surface area contributed by atoms with E-state index in [1.807, 2.05) is 68.1 Å². The molecule has 2 amide bonds. The van der Waals surface area contributed by atoms with Crippen LogP contribution >= 0.6 is 0 Å². The molecule has 0 bridgehead atoms. The van der Waals surface area contributed by atoms with Crippen LogP contribution in [0.25, 0.3) is 0 Å². The Morgan fingerprint density at radius 1 is 1.14 bits per heavy atom. The third-order valence-electron chi connectivity index (χ3n) is 4.92. The zero-order valence-electron chi connectivity index (χ0n) is 16.6. The number of ether oxygens (including phenoxy) is 1. The van der Waals surface area contributed by atoms with Crippen LogP contribution in [-0.4, -0.2) is 37.6 Å². The standard InChI is InChI=1S/C22H27N3O3/c1-4-12-23-22(27)20-13-25(18-10-5-6-11-19(18)28-20)14-21(26)24-17-9-7-8-15(2)16(17)3/h5-11,20H,4,12-14H2,1-3H3,(H,23,27)(H,24,26)/t20-/m0/s1. The van der Waals surface area contributed by atoms with Crippen molar-refractivity contribution in [3.63, 3.8) is 0 Å². The highest BCUT2D eigenvalue weighted by Gasteiger charge is 2.31. The summed E-state index contributed by atoms with van der Waals surface area (Å²) in [4.78, 5) is 27.0. The van der Waals surface area contributed by atoms with Crippen molar-refractivity contribution in [1.29, 1.82) is 0 Å². The molecule has 0 spiro atoms. The van der Waals surface area contributed by atoms with Crippen LogP contribution in [0.5, 0.6) is 5.75 Å². The van der Waals surface area contributed by atoms with Crippen LogP contribution in [0.1, 0.15) is 24.5 Å². The molecule has 0 aromatic heterocycles. The van der Waals surface area contributed by atoms with Crippen LogP contribution in [0.15, 0.2) is 42.5 Å². The zero-order valence-corrected chi connectivity index (χ0v) is 16.6. The lowest BCUT2D eigenvalue weighted by Crippen LogP contribution is -2.50. The monoisotopic (exact) mass is 381 g/mol. The van der Waals surface area contributed by atoms with Crippen LogP contribution in [0.2, 0.25) is 0 Å². The maximum atomic E-state index is 12.7. The Kier molecular flexibility index (Phi) is 6.19. The van der Waals surface area contributed by atoms with Gasteiger partial charge in [0.15, 0.2) is 6.10 Å². The van der Waals surface area contributed by atoms with Gasteiger partial charge in [0.1, 0.15) is 5.75 Å². The lowest BCUT2D eigenvalue weighted by atomic mass is 10.1. The number of para-hydroxylation sites is 2. The molecule has 6 nitrogen and oxygen atoms in total. The molecule has 148 valence electrons. The Labute approximate surface area is 165 Å². The lowest BCUT2D eigenvalue weighted by molar-refractivity contribution is -0.128. The van der Waals surface area contributed by atoms with Crippen LogP contribution in [0.3, 0.4) is 0 Å². The fourth-order valence-corrected chi connectivity index (χ4v) is 3.20. The van der Waals surface area contributed by atoms with Gasteiger partial charge in [-0.05, 0) is 49.6 Å². The highest BCUT2D eigenvalue weighted by atomic mass is 16.5. The second-order valence-corrected chi connectivity index (χ2v) is 7.04. The summed E-state index contributed by atoms with van der Waals surface area (Å²) in [5, 5.41) is 5.85. The van der Waals surface area contributed by atoms with Crippen molar-refractivity contribution in [2.75, 3.05) is 29.9 Å².